The lowest BCUT2D eigenvalue weighted by Crippen LogP contribution is -2.55. The first-order valence-corrected chi connectivity index (χ1v) is 13.3. The number of hydrogen-bond donors (Lipinski definition) is 3. The first-order valence-electron chi connectivity index (χ1n) is 12.1. The molecule has 3 N–H and O–H groups in total. The summed E-state index contributed by atoms with van der Waals surface area (Å²) in [5.74, 6) is -4.33. The van der Waals surface area contributed by atoms with Crippen LogP contribution in [0.1, 0.15) is 18.2 Å². The molecule has 39 heavy (non-hydrogen) atoms. The fraction of sp³-hybridized carbons (Fsp3) is 0.400. The Bertz CT molecular complexity index is 1360. The molecule has 2 aromatic heterocycles. The van der Waals surface area contributed by atoms with Gasteiger partial charge in [0, 0.05) is 30.3 Å². The first kappa shape index (κ1) is 28.0. The summed E-state index contributed by atoms with van der Waals surface area (Å²) >= 11 is 7.56. The fourth-order valence-corrected chi connectivity index (χ4v) is 6.25. The standard InChI is InChI=1S/C25H25ClF3N5O4S/c1-37-24-22(34-10-17(32-33-34)13-6-15(27)20(29)16(28)7-13)23(36)18(11-35)38-25(24)39-19-8-14(26)9-31-21(19)12-2-4-30-5-3-12/h2,6-10,18,22-25,30,35-36H,3-5,11H2,1H3/t18-,22+,23+,24-,25-/m1/s1. The van der Waals surface area contributed by atoms with Crippen molar-refractivity contribution in [2.75, 3.05) is 26.8 Å². The largest absolute Gasteiger partial charge is 0.394 e. The van der Waals surface area contributed by atoms with Gasteiger partial charge in [-0.25, -0.2) is 17.9 Å². The summed E-state index contributed by atoms with van der Waals surface area (Å²) in [4.78, 5) is 5.28. The molecular weight excluding hydrogens is 559 g/mol. The van der Waals surface area contributed by atoms with Gasteiger partial charge in [0.15, 0.2) is 17.5 Å². The second kappa shape index (κ2) is 11.9. The Morgan fingerprint density at radius 1 is 1.26 bits per heavy atom. The van der Waals surface area contributed by atoms with Crippen LogP contribution in [0.15, 0.2) is 41.6 Å². The first-order chi connectivity index (χ1) is 18.8. The van der Waals surface area contributed by atoms with Crippen LogP contribution >= 0.6 is 23.4 Å². The highest BCUT2D eigenvalue weighted by Gasteiger charge is 2.47. The molecule has 1 aromatic carbocycles. The van der Waals surface area contributed by atoms with Crippen molar-refractivity contribution in [3.8, 4) is 11.3 Å². The van der Waals surface area contributed by atoms with Gasteiger partial charge in [0.25, 0.3) is 0 Å². The van der Waals surface area contributed by atoms with E-state index in [0.717, 1.165) is 41.3 Å². The molecule has 0 bridgehead atoms. The van der Waals surface area contributed by atoms with Crippen LogP contribution in [-0.2, 0) is 9.47 Å². The summed E-state index contributed by atoms with van der Waals surface area (Å²) in [6, 6.07) is 2.47. The van der Waals surface area contributed by atoms with E-state index in [4.69, 9.17) is 21.1 Å². The Labute approximate surface area is 231 Å². The van der Waals surface area contributed by atoms with E-state index in [0.29, 0.717) is 11.6 Å². The van der Waals surface area contributed by atoms with Crippen molar-refractivity contribution in [2.24, 2.45) is 0 Å². The highest BCUT2D eigenvalue weighted by atomic mass is 35.5. The number of benzene rings is 1. The summed E-state index contributed by atoms with van der Waals surface area (Å²) < 4.78 is 54.2. The van der Waals surface area contributed by atoms with Gasteiger partial charge in [-0.15, -0.1) is 5.10 Å². The van der Waals surface area contributed by atoms with E-state index in [9.17, 15) is 23.4 Å². The van der Waals surface area contributed by atoms with E-state index in [-0.39, 0.29) is 11.3 Å². The van der Waals surface area contributed by atoms with Crippen LogP contribution in [0.5, 0.6) is 0 Å². The number of thioether (sulfide) groups is 1. The zero-order valence-corrected chi connectivity index (χ0v) is 22.2. The van der Waals surface area contributed by atoms with Crippen LogP contribution in [0.25, 0.3) is 16.8 Å². The van der Waals surface area contributed by atoms with Gasteiger partial charge in [0.2, 0.25) is 0 Å². The molecule has 0 radical (unpaired) electrons. The van der Waals surface area contributed by atoms with Gasteiger partial charge in [0.05, 0.1) is 23.5 Å². The van der Waals surface area contributed by atoms with Crippen LogP contribution in [0.4, 0.5) is 13.2 Å². The predicted molar refractivity (Wildman–Crippen MR) is 137 cm³/mol. The Morgan fingerprint density at radius 2 is 2.03 bits per heavy atom. The smallest absolute Gasteiger partial charge is 0.194 e. The monoisotopic (exact) mass is 583 g/mol. The molecule has 0 saturated carbocycles. The van der Waals surface area contributed by atoms with Crippen molar-refractivity contribution in [1.29, 1.82) is 0 Å². The minimum Gasteiger partial charge on any atom is -0.394 e. The van der Waals surface area contributed by atoms with E-state index in [1.165, 1.54) is 29.8 Å². The number of ether oxygens (including phenoxy) is 2. The number of pyridine rings is 1. The SMILES string of the molecule is CO[C@@H]1[C@@H](n2cc(-c3cc(F)c(F)c(F)c3)nn2)[C@@H](O)[C@@H](CO)O[C@@H]1Sc1cc(Cl)cnc1C1=CCNCC1. The maximum absolute atomic E-state index is 13.8. The molecule has 9 nitrogen and oxygen atoms in total. The van der Waals surface area contributed by atoms with E-state index >= 15 is 0 Å². The predicted octanol–water partition coefficient (Wildman–Crippen LogP) is 3.21. The molecule has 0 aliphatic carbocycles. The van der Waals surface area contributed by atoms with Crippen LogP contribution in [0.3, 0.4) is 0 Å². The number of methoxy groups -OCH3 is 1. The van der Waals surface area contributed by atoms with E-state index < -0.39 is 53.8 Å². The van der Waals surface area contributed by atoms with Crippen molar-refractivity contribution >= 4 is 28.9 Å². The molecule has 14 heteroatoms. The highest BCUT2D eigenvalue weighted by molar-refractivity contribution is 7.99. The van der Waals surface area contributed by atoms with Gasteiger partial charge < -0.3 is 25.0 Å². The third-order valence-electron chi connectivity index (χ3n) is 6.62. The van der Waals surface area contributed by atoms with Crippen LogP contribution in [0, 0.1) is 17.5 Å². The van der Waals surface area contributed by atoms with E-state index in [2.05, 4.69) is 26.7 Å². The second-order valence-corrected chi connectivity index (χ2v) is 10.6. The molecular formula is C25H25ClF3N5O4S. The number of aromatic nitrogens is 4. The maximum Gasteiger partial charge on any atom is 0.194 e. The second-order valence-electron chi connectivity index (χ2n) is 9.05. The van der Waals surface area contributed by atoms with Crippen LogP contribution in [-0.4, -0.2) is 80.7 Å². The van der Waals surface area contributed by atoms with Crippen molar-refractivity contribution < 1.29 is 32.9 Å². The molecule has 2 aliphatic rings. The third-order valence-corrected chi connectivity index (χ3v) is 8.01. The quantitative estimate of drug-likeness (QED) is 0.361. The zero-order chi connectivity index (χ0) is 27.7. The van der Waals surface area contributed by atoms with Crippen LogP contribution in [0.2, 0.25) is 5.02 Å². The van der Waals surface area contributed by atoms with Crippen molar-refractivity contribution in [3.63, 3.8) is 0 Å². The molecule has 1 fully saturated rings. The molecule has 0 amide bonds. The Kier molecular flexibility index (Phi) is 8.57. The lowest BCUT2D eigenvalue weighted by Gasteiger charge is -2.43. The minimum atomic E-state index is -1.59. The summed E-state index contributed by atoms with van der Waals surface area (Å²) in [7, 11) is 1.44. The molecule has 208 valence electrons. The van der Waals surface area contributed by atoms with Crippen molar-refractivity contribution in [1.82, 2.24) is 25.3 Å². The average molecular weight is 584 g/mol. The fourth-order valence-electron chi connectivity index (χ4n) is 4.68. The summed E-state index contributed by atoms with van der Waals surface area (Å²) in [6.45, 7) is 1.01. The van der Waals surface area contributed by atoms with Gasteiger partial charge >= 0.3 is 0 Å². The van der Waals surface area contributed by atoms with Crippen LogP contribution < -0.4 is 5.32 Å². The molecule has 1 saturated heterocycles. The van der Waals surface area contributed by atoms with Gasteiger partial charge in [-0.1, -0.05) is 34.7 Å². The number of nitrogens with one attached hydrogen (secondary N) is 1. The number of halogens is 4. The number of rotatable bonds is 7. The lowest BCUT2D eigenvalue weighted by molar-refractivity contribution is -0.186. The number of hydrogen-bond acceptors (Lipinski definition) is 9. The molecule has 4 heterocycles. The number of aliphatic hydroxyl groups is 2. The molecule has 0 spiro atoms. The minimum absolute atomic E-state index is 0.0392. The number of nitrogens with zero attached hydrogens (tertiary/aromatic N) is 4. The van der Waals surface area contributed by atoms with Gasteiger partial charge in [0.1, 0.15) is 35.5 Å². The molecule has 2 aliphatic heterocycles. The Hall–Kier alpha value is -2.52. The molecule has 0 unspecified atom stereocenters. The average Bonchev–Trinajstić information content (AvgIpc) is 3.42. The molecule has 5 rings (SSSR count). The topological polar surface area (TPSA) is 115 Å². The summed E-state index contributed by atoms with van der Waals surface area (Å²) in [5.41, 5.74) is 1.05. The van der Waals surface area contributed by atoms with E-state index in [1.54, 1.807) is 12.3 Å². The van der Waals surface area contributed by atoms with Gasteiger partial charge in [-0.2, -0.15) is 0 Å². The maximum atomic E-state index is 13.8. The van der Waals surface area contributed by atoms with Crippen molar-refractivity contribution in [2.45, 2.75) is 41.1 Å². The summed E-state index contributed by atoms with van der Waals surface area (Å²) in [5, 5.41) is 32.8. The van der Waals surface area contributed by atoms with Crippen molar-refractivity contribution in [3.05, 3.63) is 64.8 Å². The normalized spacial score (nSPS) is 25.5. The van der Waals surface area contributed by atoms with Gasteiger partial charge in [-0.05, 0) is 36.7 Å². The molecule has 5 atom stereocenters. The molecule has 3 aromatic rings. The Morgan fingerprint density at radius 3 is 2.69 bits per heavy atom. The number of aliphatic hydroxyl groups excluding tert-OH is 2. The zero-order valence-electron chi connectivity index (χ0n) is 20.6. The Balaban J connectivity index is 1.49. The highest BCUT2D eigenvalue weighted by Crippen LogP contribution is 2.42. The van der Waals surface area contributed by atoms with Gasteiger partial charge in [-0.3, -0.25) is 4.98 Å². The third kappa shape index (κ3) is 5.71. The lowest BCUT2D eigenvalue weighted by atomic mass is 9.97. The van der Waals surface area contributed by atoms with E-state index in [1.807, 2.05) is 0 Å². The summed E-state index contributed by atoms with van der Waals surface area (Å²) in [6.07, 6.45) is 2.64.